The Morgan fingerprint density at radius 2 is 2.42 bits per heavy atom. The lowest BCUT2D eigenvalue weighted by molar-refractivity contribution is -0.112. The van der Waals surface area contributed by atoms with Crippen molar-refractivity contribution >= 4 is 17.5 Å². The summed E-state index contributed by atoms with van der Waals surface area (Å²) >= 11 is 1.50. The molecule has 0 aromatic rings. The highest BCUT2D eigenvalue weighted by Gasteiger charge is 2.35. The van der Waals surface area contributed by atoms with E-state index >= 15 is 0 Å². The highest BCUT2D eigenvalue weighted by molar-refractivity contribution is 8.00. The van der Waals surface area contributed by atoms with E-state index in [-0.39, 0.29) is 11.5 Å². The van der Waals surface area contributed by atoms with Gasteiger partial charge in [0.15, 0.2) is 10.7 Å². The molecule has 1 rings (SSSR count). The van der Waals surface area contributed by atoms with Crippen molar-refractivity contribution in [3.05, 3.63) is 11.8 Å². The van der Waals surface area contributed by atoms with Crippen LogP contribution in [0.25, 0.3) is 0 Å². The summed E-state index contributed by atoms with van der Waals surface area (Å²) in [5, 5.41) is 9.47. The van der Waals surface area contributed by atoms with Crippen molar-refractivity contribution in [2.24, 2.45) is 0 Å². The summed E-state index contributed by atoms with van der Waals surface area (Å²) in [6, 6.07) is 0. The van der Waals surface area contributed by atoms with Crippen LogP contribution in [0.1, 0.15) is 13.8 Å². The Balaban J connectivity index is 2.73. The van der Waals surface area contributed by atoms with E-state index in [1.54, 1.807) is 6.92 Å². The van der Waals surface area contributed by atoms with Crippen LogP contribution in [-0.4, -0.2) is 28.2 Å². The molecule has 0 aromatic carbocycles. The van der Waals surface area contributed by atoms with Crippen LogP contribution in [0.5, 0.6) is 0 Å². The van der Waals surface area contributed by atoms with Gasteiger partial charge in [0.25, 0.3) is 0 Å². The van der Waals surface area contributed by atoms with Crippen LogP contribution in [0, 0.1) is 0 Å². The fraction of sp³-hybridized carbons (Fsp3) is 0.625. The van der Waals surface area contributed by atoms with Gasteiger partial charge < -0.3 is 9.84 Å². The summed E-state index contributed by atoms with van der Waals surface area (Å²) in [4.78, 5) is 9.95. The molecule has 1 aliphatic rings. The van der Waals surface area contributed by atoms with Crippen LogP contribution in [0.4, 0.5) is 0 Å². The van der Waals surface area contributed by atoms with Crippen LogP contribution < -0.4 is 0 Å². The number of ether oxygens (including phenoxy) is 1. The maximum atomic E-state index is 10.7. The van der Waals surface area contributed by atoms with Gasteiger partial charge >= 0.3 is 0 Å². The zero-order valence-corrected chi connectivity index (χ0v) is 7.98. The predicted octanol–water partition coefficient (Wildman–Crippen LogP) is 1.50. The standard InChI is InChI=1S/C8H12O3S/c1-6(9)5-7(10)8(2)11-3-4-12-8/h5,10H,3-4H2,1-2H3/b7-5-. The zero-order valence-electron chi connectivity index (χ0n) is 7.16. The summed E-state index contributed by atoms with van der Waals surface area (Å²) in [5.41, 5.74) is 0. The molecule has 1 atom stereocenters. The number of hydrogen-bond acceptors (Lipinski definition) is 4. The number of aliphatic hydroxyl groups is 1. The van der Waals surface area contributed by atoms with Crippen LogP contribution in [0.15, 0.2) is 11.8 Å². The highest BCUT2D eigenvalue weighted by atomic mass is 32.2. The van der Waals surface area contributed by atoms with Crippen molar-refractivity contribution in [3.8, 4) is 0 Å². The van der Waals surface area contributed by atoms with Gasteiger partial charge in [-0.15, -0.1) is 11.8 Å². The van der Waals surface area contributed by atoms with Crippen molar-refractivity contribution in [2.75, 3.05) is 12.4 Å². The molecule has 0 amide bonds. The van der Waals surface area contributed by atoms with E-state index in [0.29, 0.717) is 6.61 Å². The average Bonchev–Trinajstić information content (AvgIpc) is 2.36. The summed E-state index contributed by atoms with van der Waals surface area (Å²) in [5.74, 6) is 0.703. The number of aliphatic hydroxyl groups excluding tert-OH is 1. The molecule has 0 spiro atoms. The van der Waals surface area contributed by atoms with Crippen molar-refractivity contribution < 1.29 is 14.6 Å². The molecule has 1 unspecified atom stereocenters. The van der Waals surface area contributed by atoms with E-state index in [2.05, 4.69) is 0 Å². The van der Waals surface area contributed by atoms with Crippen LogP contribution in [0.3, 0.4) is 0 Å². The molecule has 1 saturated heterocycles. The van der Waals surface area contributed by atoms with Gasteiger partial charge in [0.1, 0.15) is 5.76 Å². The second-order valence-corrected chi connectivity index (χ2v) is 4.26. The first-order valence-electron chi connectivity index (χ1n) is 3.74. The largest absolute Gasteiger partial charge is 0.508 e. The summed E-state index contributed by atoms with van der Waals surface area (Å²) in [6.45, 7) is 3.79. The lowest BCUT2D eigenvalue weighted by Gasteiger charge is -2.20. The van der Waals surface area contributed by atoms with Crippen LogP contribution >= 0.6 is 11.8 Å². The third-order valence-corrected chi connectivity index (χ3v) is 2.89. The number of allylic oxidation sites excluding steroid dienone is 1. The Bertz CT molecular complexity index is 216. The molecule has 12 heavy (non-hydrogen) atoms. The third-order valence-electron chi connectivity index (χ3n) is 1.64. The number of carbonyl (C=O) groups is 1. The van der Waals surface area contributed by atoms with Crippen molar-refractivity contribution in [2.45, 2.75) is 18.8 Å². The smallest absolute Gasteiger partial charge is 0.168 e. The van der Waals surface area contributed by atoms with Gasteiger partial charge in [-0.05, 0) is 13.8 Å². The van der Waals surface area contributed by atoms with Gasteiger partial charge in [-0.2, -0.15) is 0 Å². The fourth-order valence-corrected chi connectivity index (χ4v) is 1.92. The van der Waals surface area contributed by atoms with E-state index in [1.165, 1.54) is 24.8 Å². The van der Waals surface area contributed by atoms with E-state index < -0.39 is 4.93 Å². The van der Waals surface area contributed by atoms with E-state index in [1.807, 2.05) is 0 Å². The van der Waals surface area contributed by atoms with Gasteiger partial charge in [-0.3, -0.25) is 4.79 Å². The number of hydrogen-bond donors (Lipinski definition) is 1. The maximum absolute atomic E-state index is 10.7. The number of thioether (sulfide) groups is 1. The van der Waals surface area contributed by atoms with Crippen molar-refractivity contribution in [1.29, 1.82) is 0 Å². The van der Waals surface area contributed by atoms with Gasteiger partial charge in [0.2, 0.25) is 0 Å². The van der Waals surface area contributed by atoms with Crippen LogP contribution in [-0.2, 0) is 9.53 Å². The molecule has 1 N–H and O–H groups in total. The molecule has 0 radical (unpaired) electrons. The first-order valence-corrected chi connectivity index (χ1v) is 4.73. The molecular formula is C8H12O3S. The molecule has 1 heterocycles. The Hall–Kier alpha value is -0.480. The van der Waals surface area contributed by atoms with Crippen molar-refractivity contribution in [3.63, 3.8) is 0 Å². The lowest BCUT2D eigenvalue weighted by Crippen LogP contribution is -2.22. The molecule has 0 bridgehead atoms. The molecular weight excluding hydrogens is 176 g/mol. The predicted molar refractivity (Wildman–Crippen MR) is 48.2 cm³/mol. The third kappa shape index (κ3) is 2.01. The lowest BCUT2D eigenvalue weighted by atomic mass is 10.2. The molecule has 0 aliphatic carbocycles. The number of ketones is 1. The number of carbonyl (C=O) groups excluding carboxylic acids is 1. The minimum atomic E-state index is -0.703. The summed E-state index contributed by atoms with van der Waals surface area (Å²) in [7, 11) is 0. The van der Waals surface area contributed by atoms with E-state index in [4.69, 9.17) is 4.74 Å². The SMILES string of the molecule is CC(=O)/C=C(\O)C1(C)OCCS1. The normalized spacial score (nSPS) is 30.7. The Labute approximate surface area is 75.8 Å². The molecule has 1 aliphatic heterocycles. The van der Waals surface area contributed by atoms with Gasteiger partial charge in [-0.25, -0.2) is 0 Å². The fourth-order valence-electron chi connectivity index (χ4n) is 0.986. The van der Waals surface area contributed by atoms with Crippen LogP contribution in [0.2, 0.25) is 0 Å². The topological polar surface area (TPSA) is 46.5 Å². The van der Waals surface area contributed by atoms with Crippen molar-refractivity contribution in [1.82, 2.24) is 0 Å². The average molecular weight is 188 g/mol. The molecule has 4 heteroatoms. The second-order valence-electron chi connectivity index (χ2n) is 2.78. The minimum Gasteiger partial charge on any atom is -0.508 e. The molecule has 68 valence electrons. The summed E-state index contributed by atoms with van der Waals surface area (Å²) in [6.07, 6.45) is 1.21. The van der Waals surface area contributed by atoms with Gasteiger partial charge in [-0.1, -0.05) is 0 Å². The summed E-state index contributed by atoms with van der Waals surface area (Å²) < 4.78 is 5.30. The zero-order chi connectivity index (χ0) is 9.19. The first-order chi connectivity index (χ1) is 5.54. The molecule has 0 saturated carbocycles. The maximum Gasteiger partial charge on any atom is 0.168 e. The molecule has 3 nitrogen and oxygen atoms in total. The minimum absolute atomic E-state index is 0.0116. The highest BCUT2D eigenvalue weighted by Crippen LogP contribution is 2.37. The van der Waals surface area contributed by atoms with E-state index in [9.17, 15) is 9.90 Å². The quantitative estimate of drug-likeness (QED) is 0.527. The molecule has 0 aromatic heterocycles. The monoisotopic (exact) mass is 188 g/mol. The Morgan fingerprint density at radius 3 is 2.83 bits per heavy atom. The van der Waals surface area contributed by atoms with E-state index in [0.717, 1.165) is 5.75 Å². The first kappa shape index (κ1) is 9.61. The van der Waals surface area contributed by atoms with Gasteiger partial charge in [0.05, 0.1) is 6.61 Å². The Kier molecular flexibility index (Phi) is 2.80. The molecule has 1 fully saturated rings. The second kappa shape index (κ2) is 3.49. The van der Waals surface area contributed by atoms with Gasteiger partial charge in [0, 0.05) is 11.8 Å². The number of rotatable bonds is 2. The Morgan fingerprint density at radius 1 is 1.75 bits per heavy atom.